The van der Waals surface area contributed by atoms with Crippen LogP contribution in [-0.2, 0) is 4.74 Å². The fourth-order valence-electron chi connectivity index (χ4n) is 1.98. The molecule has 0 radical (unpaired) electrons. The van der Waals surface area contributed by atoms with Crippen molar-refractivity contribution >= 4 is 16.9 Å². The van der Waals surface area contributed by atoms with Crippen LogP contribution in [0.15, 0.2) is 24.3 Å². The number of fused-ring (bicyclic) bond motifs is 1. The van der Waals surface area contributed by atoms with Crippen LogP contribution in [-0.4, -0.2) is 46.3 Å². The summed E-state index contributed by atoms with van der Waals surface area (Å²) in [6.07, 6.45) is -0.654. The number of para-hydroxylation sites is 2. The van der Waals surface area contributed by atoms with Crippen molar-refractivity contribution in [2.45, 2.75) is 12.1 Å². The summed E-state index contributed by atoms with van der Waals surface area (Å²) in [5.74, 6) is -0.0870. The Balaban J connectivity index is 1.79. The summed E-state index contributed by atoms with van der Waals surface area (Å²) in [5, 5.41) is 12.3. The Morgan fingerprint density at radius 3 is 3.00 bits per heavy atom. The van der Waals surface area contributed by atoms with E-state index >= 15 is 0 Å². The lowest BCUT2D eigenvalue weighted by molar-refractivity contribution is 0.0877. The molecule has 3 rings (SSSR count). The smallest absolute Gasteiger partial charge is 0.287 e. The van der Waals surface area contributed by atoms with Crippen molar-refractivity contribution in [3.05, 3.63) is 30.1 Å². The molecule has 3 N–H and O–H groups in total. The molecule has 1 aliphatic heterocycles. The lowest BCUT2D eigenvalue weighted by Crippen LogP contribution is -2.42. The third-order valence-corrected chi connectivity index (χ3v) is 2.97. The molecule has 0 unspecified atom stereocenters. The molecule has 2 atom stereocenters. The second kappa shape index (κ2) is 4.40. The number of carbonyl (C=O) groups excluding carboxylic acids is 1. The number of ether oxygens (including phenoxy) is 1. The first-order valence-electron chi connectivity index (χ1n) is 5.75. The number of nitrogens with zero attached hydrogens (tertiary/aromatic N) is 1. The molecule has 18 heavy (non-hydrogen) atoms. The lowest BCUT2D eigenvalue weighted by atomic mass is 10.2. The van der Waals surface area contributed by atoms with Crippen molar-refractivity contribution in [1.29, 1.82) is 0 Å². The predicted octanol–water partition coefficient (Wildman–Crippen LogP) is 0.0524. The first-order chi connectivity index (χ1) is 8.74. The highest BCUT2D eigenvalue weighted by Gasteiger charge is 2.28. The van der Waals surface area contributed by atoms with Crippen molar-refractivity contribution < 1.29 is 14.6 Å². The van der Waals surface area contributed by atoms with Crippen molar-refractivity contribution in [2.75, 3.05) is 13.2 Å². The topological polar surface area (TPSA) is 87.2 Å². The quantitative estimate of drug-likeness (QED) is 0.700. The van der Waals surface area contributed by atoms with Crippen molar-refractivity contribution in [1.82, 2.24) is 15.3 Å². The van der Waals surface area contributed by atoms with Gasteiger partial charge in [-0.1, -0.05) is 12.1 Å². The Labute approximate surface area is 103 Å². The molecule has 6 heteroatoms. The van der Waals surface area contributed by atoms with E-state index in [2.05, 4.69) is 15.3 Å². The molecule has 0 bridgehead atoms. The van der Waals surface area contributed by atoms with E-state index in [4.69, 9.17) is 4.74 Å². The first kappa shape index (κ1) is 11.2. The summed E-state index contributed by atoms with van der Waals surface area (Å²) in [6, 6.07) is 7.05. The number of aromatic amines is 1. The molecule has 1 saturated heterocycles. The van der Waals surface area contributed by atoms with Gasteiger partial charge in [0.2, 0.25) is 0 Å². The number of amides is 1. The summed E-state index contributed by atoms with van der Waals surface area (Å²) in [4.78, 5) is 19.1. The van der Waals surface area contributed by atoms with Gasteiger partial charge in [-0.25, -0.2) is 4.98 Å². The number of nitrogens with one attached hydrogen (secondary N) is 2. The Kier molecular flexibility index (Phi) is 2.73. The summed E-state index contributed by atoms with van der Waals surface area (Å²) < 4.78 is 5.07. The number of imidazole rings is 1. The third kappa shape index (κ3) is 1.96. The highest BCUT2D eigenvalue weighted by Crippen LogP contribution is 2.11. The van der Waals surface area contributed by atoms with E-state index in [-0.39, 0.29) is 24.4 Å². The van der Waals surface area contributed by atoms with Gasteiger partial charge in [0.25, 0.3) is 5.91 Å². The SMILES string of the molecule is O=C(N[C@H]1COC[C@@H]1O)c1nc2ccccc2[nH]1. The van der Waals surface area contributed by atoms with E-state index in [1.807, 2.05) is 24.3 Å². The minimum atomic E-state index is -0.654. The molecule has 0 aliphatic carbocycles. The van der Waals surface area contributed by atoms with Gasteiger partial charge in [-0.2, -0.15) is 0 Å². The number of benzene rings is 1. The van der Waals surface area contributed by atoms with Crippen molar-refractivity contribution in [2.24, 2.45) is 0 Å². The Morgan fingerprint density at radius 2 is 2.28 bits per heavy atom. The molecular formula is C12H13N3O3. The van der Waals surface area contributed by atoms with E-state index in [0.717, 1.165) is 11.0 Å². The molecule has 6 nitrogen and oxygen atoms in total. The monoisotopic (exact) mass is 247 g/mol. The summed E-state index contributed by atoms with van der Waals surface area (Å²) in [6.45, 7) is 0.582. The van der Waals surface area contributed by atoms with Crippen LogP contribution in [0.2, 0.25) is 0 Å². The van der Waals surface area contributed by atoms with Crippen LogP contribution in [0.5, 0.6) is 0 Å². The van der Waals surface area contributed by atoms with E-state index in [1.54, 1.807) is 0 Å². The van der Waals surface area contributed by atoms with Crippen LogP contribution in [0.4, 0.5) is 0 Å². The standard InChI is InChI=1S/C12H13N3O3/c16-10-6-18-5-9(10)15-12(17)11-13-7-3-1-2-4-8(7)14-11/h1-4,9-10,16H,5-6H2,(H,13,14)(H,15,17)/t9-,10-/m0/s1. The van der Waals surface area contributed by atoms with Gasteiger partial charge < -0.3 is 20.1 Å². The molecule has 1 amide bonds. The van der Waals surface area contributed by atoms with Crippen LogP contribution < -0.4 is 5.32 Å². The first-order valence-corrected chi connectivity index (χ1v) is 5.75. The molecule has 0 saturated carbocycles. The highest BCUT2D eigenvalue weighted by molar-refractivity contribution is 5.94. The average Bonchev–Trinajstić information content (AvgIpc) is 2.96. The zero-order valence-corrected chi connectivity index (χ0v) is 9.59. The lowest BCUT2D eigenvalue weighted by Gasteiger charge is -2.12. The fourth-order valence-corrected chi connectivity index (χ4v) is 1.98. The van der Waals surface area contributed by atoms with Gasteiger partial charge in [0, 0.05) is 0 Å². The maximum absolute atomic E-state index is 11.9. The number of rotatable bonds is 2. The van der Waals surface area contributed by atoms with Gasteiger partial charge in [0.15, 0.2) is 5.82 Å². The molecular weight excluding hydrogens is 234 g/mol. The minimum Gasteiger partial charge on any atom is -0.388 e. The van der Waals surface area contributed by atoms with Gasteiger partial charge >= 0.3 is 0 Å². The van der Waals surface area contributed by atoms with E-state index in [0.29, 0.717) is 6.61 Å². The minimum absolute atomic E-state index is 0.246. The zero-order chi connectivity index (χ0) is 12.5. The van der Waals surface area contributed by atoms with Crippen LogP contribution in [0, 0.1) is 0 Å². The van der Waals surface area contributed by atoms with E-state index in [9.17, 15) is 9.90 Å². The molecule has 94 valence electrons. The molecule has 2 heterocycles. The predicted molar refractivity (Wildman–Crippen MR) is 64.2 cm³/mol. The number of carbonyl (C=O) groups is 1. The van der Waals surface area contributed by atoms with Crippen molar-refractivity contribution in [3.63, 3.8) is 0 Å². The maximum Gasteiger partial charge on any atom is 0.287 e. The summed E-state index contributed by atoms with van der Waals surface area (Å²) in [5.41, 5.74) is 1.55. The zero-order valence-electron chi connectivity index (χ0n) is 9.59. The second-order valence-electron chi connectivity index (χ2n) is 4.29. The maximum atomic E-state index is 11.9. The van der Waals surface area contributed by atoms with Crippen molar-refractivity contribution in [3.8, 4) is 0 Å². The van der Waals surface area contributed by atoms with Crippen LogP contribution in [0.25, 0.3) is 11.0 Å². The molecule has 1 fully saturated rings. The number of hydrogen-bond donors (Lipinski definition) is 3. The largest absolute Gasteiger partial charge is 0.388 e. The van der Waals surface area contributed by atoms with E-state index in [1.165, 1.54) is 0 Å². The Bertz CT molecular complexity index is 548. The van der Waals surface area contributed by atoms with Gasteiger partial charge in [-0.05, 0) is 12.1 Å². The fraction of sp³-hybridized carbons (Fsp3) is 0.333. The molecule has 0 spiro atoms. The van der Waals surface area contributed by atoms with Crippen LogP contribution in [0.1, 0.15) is 10.6 Å². The average molecular weight is 247 g/mol. The normalized spacial score (nSPS) is 23.4. The summed E-state index contributed by atoms with van der Waals surface area (Å²) in [7, 11) is 0. The molecule has 1 aromatic heterocycles. The second-order valence-corrected chi connectivity index (χ2v) is 4.29. The summed E-state index contributed by atoms with van der Waals surface area (Å²) >= 11 is 0. The van der Waals surface area contributed by atoms with Gasteiger partial charge in [0.05, 0.1) is 36.4 Å². The number of hydrogen-bond acceptors (Lipinski definition) is 4. The molecule has 1 aromatic carbocycles. The van der Waals surface area contributed by atoms with E-state index < -0.39 is 6.10 Å². The number of aliphatic hydroxyl groups is 1. The third-order valence-electron chi connectivity index (χ3n) is 2.97. The molecule has 2 aromatic rings. The number of aromatic nitrogens is 2. The Hall–Kier alpha value is -1.92. The van der Waals surface area contributed by atoms with Gasteiger partial charge in [-0.15, -0.1) is 0 Å². The number of aliphatic hydroxyl groups excluding tert-OH is 1. The molecule has 1 aliphatic rings. The van der Waals surface area contributed by atoms with Gasteiger partial charge in [-0.3, -0.25) is 4.79 Å². The highest BCUT2D eigenvalue weighted by atomic mass is 16.5. The number of H-pyrrole nitrogens is 1. The Morgan fingerprint density at radius 1 is 1.44 bits per heavy atom. The van der Waals surface area contributed by atoms with Crippen LogP contribution in [0.3, 0.4) is 0 Å². The van der Waals surface area contributed by atoms with Crippen LogP contribution >= 0.6 is 0 Å². The van der Waals surface area contributed by atoms with Gasteiger partial charge in [0.1, 0.15) is 0 Å².